The number of carboxylic acid groups (broad SMARTS) is 1. The molecule has 0 spiro atoms. The second-order valence-corrected chi connectivity index (χ2v) is 7.21. The lowest BCUT2D eigenvalue weighted by molar-refractivity contribution is -0.139. The molecule has 1 aromatic rings. The molecule has 1 aromatic heterocycles. The fraction of sp³-hybridized carbons (Fsp3) is 0.667. The van der Waals surface area contributed by atoms with Crippen LogP contribution < -0.4 is 0 Å². The molecule has 0 amide bonds. The van der Waals surface area contributed by atoms with E-state index in [2.05, 4.69) is 4.98 Å². The summed E-state index contributed by atoms with van der Waals surface area (Å²) in [6, 6.07) is -0.238. The maximum atomic E-state index is 11.6. The molecule has 0 radical (unpaired) electrons. The van der Waals surface area contributed by atoms with Gasteiger partial charge in [0.2, 0.25) is 0 Å². The van der Waals surface area contributed by atoms with Crippen molar-refractivity contribution in [3.05, 3.63) is 18.2 Å². The van der Waals surface area contributed by atoms with Gasteiger partial charge in [0.05, 0.1) is 24.6 Å². The molecular weight excluding hydrogens is 282 g/mol. The van der Waals surface area contributed by atoms with E-state index in [0.29, 0.717) is 13.0 Å². The number of aliphatic carboxylic acids is 1. The average Bonchev–Trinajstić information content (AvgIpc) is 2.93. The molecule has 1 atom stereocenters. The van der Waals surface area contributed by atoms with Crippen molar-refractivity contribution in [2.24, 2.45) is 0 Å². The smallest absolute Gasteiger partial charge is 0.317 e. The topological polar surface area (TPSA) is 92.5 Å². The molecule has 112 valence electrons. The molecular formula is C12H19N3O4S. The van der Waals surface area contributed by atoms with Crippen LogP contribution in [0.15, 0.2) is 12.4 Å². The van der Waals surface area contributed by atoms with Gasteiger partial charge in [-0.1, -0.05) is 0 Å². The minimum Gasteiger partial charge on any atom is -0.480 e. The molecule has 0 aromatic carbocycles. The van der Waals surface area contributed by atoms with Crippen LogP contribution in [-0.2, 0) is 27.7 Å². The largest absolute Gasteiger partial charge is 0.480 e. The minimum absolute atomic E-state index is 0.0348. The van der Waals surface area contributed by atoms with Gasteiger partial charge in [-0.2, -0.15) is 0 Å². The SMILES string of the molecule is CCn1ccnc1CN(CC(=O)O)C1CCS(=O)(=O)C1. The number of nitrogens with zero attached hydrogens (tertiary/aromatic N) is 3. The fourth-order valence-electron chi connectivity index (χ4n) is 2.51. The Balaban J connectivity index is 2.14. The highest BCUT2D eigenvalue weighted by Crippen LogP contribution is 2.19. The molecule has 1 saturated heterocycles. The Morgan fingerprint density at radius 3 is 2.90 bits per heavy atom. The molecule has 1 aliphatic rings. The predicted molar refractivity (Wildman–Crippen MR) is 73.0 cm³/mol. The lowest BCUT2D eigenvalue weighted by atomic mass is 10.2. The summed E-state index contributed by atoms with van der Waals surface area (Å²) in [6.07, 6.45) is 3.99. The molecule has 1 fully saturated rings. The van der Waals surface area contributed by atoms with Crippen LogP contribution in [0.25, 0.3) is 0 Å². The van der Waals surface area contributed by atoms with Crippen LogP contribution in [0.5, 0.6) is 0 Å². The van der Waals surface area contributed by atoms with E-state index in [1.807, 2.05) is 17.7 Å². The van der Waals surface area contributed by atoms with E-state index < -0.39 is 15.8 Å². The first-order valence-electron chi connectivity index (χ1n) is 6.57. The number of hydrogen-bond acceptors (Lipinski definition) is 5. The number of rotatable bonds is 6. The lowest BCUT2D eigenvalue weighted by Crippen LogP contribution is -2.40. The number of hydrogen-bond donors (Lipinski definition) is 1. The molecule has 7 nitrogen and oxygen atoms in total. The maximum Gasteiger partial charge on any atom is 0.317 e. The van der Waals surface area contributed by atoms with Crippen molar-refractivity contribution in [3.8, 4) is 0 Å². The first-order chi connectivity index (χ1) is 9.41. The van der Waals surface area contributed by atoms with E-state index in [4.69, 9.17) is 5.11 Å². The maximum absolute atomic E-state index is 11.6. The molecule has 2 rings (SSSR count). The van der Waals surface area contributed by atoms with E-state index in [9.17, 15) is 13.2 Å². The zero-order valence-electron chi connectivity index (χ0n) is 11.4. The van der Waals surface area contributed by atoms with Gasteiger partial charge in [0.15, 0.2) is 9.84 Å². The summed E-state index contributed by atoms with van der Waals surface area (Å²) in [4.78, 5) is 16.9. The molecule has 1 aliphatic heterocycles. The summed E-state index contributed by atoms with van der Waals surface area (Å²) in [6.45, 7) is 2.91. The Kier molecular flexibility index (Phi) is 4.44. The van der Waals surface area contributed by atoms with Crippen LogP contribution in [-0.4, -0.2) is 58.0 Å². The molecule has 0 aliphatic carbocycles. The zero-order chi connectivity index (χ0) is 14.8. The lowest BCUT2D eigenvalue weighted by Gasteiger charge is -2.26. The molecule has 1 N–H and O–H groups in total. The van der Waals surface area contributed by atoms with Gasteiger partial charge < -0.3 is 9.67 Å². The Morgan fingerprint density at radius 2 is 2.35 bits per heavy atom. The number of sulfone groups is 1. The van der Waals surface area contributed by atoms with E-state index in [0.717, 1.165) is 12.4 Å². The monoisotopic (exact) mass is 301 g/mol. The molecule has 0 saturated carbocycles. The summed E-state index contributed by atoms with van der Waals surface area (Å²) in [7, 11) is -3.03. The van der Waals surface area contributed by atoms with Crippen molar-refractivity contribution >= 4 is 15.8 Å². The highest BCUT2D eigenvalue weighted by Gasteiger charge is 2.33. The highest BCUT2D eigenvalue weighted by atomic mass is 32.2. The third kappa shape index (κ3) is 3.57. The van der Waals surface area contributed by atoms with Gasteiger partial charge in [-0.3, -0.25) is 9.69 Å². The first kappa shape index (κ1) is 15.0. The number of carboxylic acids is 1. The van der Waals surface area contributed by atoms with Gasteiger partial charge in [-0.15, -0.1) is 0 Å². The van der Waals surface area contributed by atoms with Crippen LogP contribution in [0.3, 0.4) is 0 Å². The van der Waals surface area contributed by atoms with Crippen LogP contribution >= 0.6 is 0 Å². The van der Waals surface area contributed by atoms with Gasteiger partial charge in [-0.25, -0.2) is 13.4 Å². The Labute approximate surface area is 118 Å². The highest BCUT2D eigenvalue weighted by molar-refractivity contribution is 7.91. The van der Waals surface area contributed by atoms with Crippen molar-refractivity contribution in [3.63, 3.8) is 0 Å². The number of aryl methyl sites for hydroxylation is 1. The van der Waals surface area contributed by atoms with Crippen LogP contribution in [0, 0.1) is 0 Å². The third-order valence-corrected chi connectivity index (χ3v) is 5.30. The Bertz CT molecular complexity index is 581. The van der Waals surface area contributed by atoms with Crippen LogP contribution in [0.2, 0.25) is 0 Å². The molecule has 2 heterocycles. The minimum atomic E-state index is -3.03. The van der Waals surface area contributed by atoms with Crippen LogP contribution in [0.1, 0.15) is 19.2 Å². The number of carbonyl (C=O) groups is 1. The van der Waals surface area contributed by atoms with Crippen LogP contribution in [0.4, 0.5) is 0 Å². The number of imidazole rings is 1. The van der Waals surface area contributed by atoms with E-state index in [1.165, 1.54) is 0 Å². The van der Waals surface area contributed by atoms with Gasteiger partial charge in [-0.05, 0) is 13.3 Å². The fourth-order valence-corrected chi connectivity index (χ4v) is 4.27. The van der Waals surface area contributed by atoms with Crippen molar-refractivity contribution < 1.29 is 18.3 Å². The Hall–Kier alpha value is -1.41. The molecule has 8 heteroatoms. The van der Waals surface area contributed by atoms with Crippen molar-refractivity contribution in [1.82, 2.24) is 14.5 Å². The molecule has 0 bridgehead atoms. The first-order valence-corrected chi connectivity index (χ1v) is 8.39. The summed E-state index contributed by atoms with van der Waals surface area (Å²) < 4.78 is 25.1. The second-order valence-electron chi connectivity index (χ2n) is 4.99. The van der Waals surface area contributed by atoms with Gasteiger partial charge in [0.1, 0.15) is 5.82 Å². The number of aromatic nitrogens is 2. The van der Waals surface area contributed by atoms with Gasteiger partial charge in [0, 0.05) is 25.0 Å². The standard InChI is InChI=1S/C12H19N3O4S/c1-2-14-5-4-13-11(14)7-15(8-12(16)17)10-3-6-20(18,19)9-10/h4-5,10H,2-3,6-9H2,1H3,(H,16,17). The summed E-state index contributed by atoms with van der Waals surface area (Å²) in [5.74, 6) is -0.0229. The van der Waals surface area contributed by atoms with E-state index in [1.54, 1.807) is 11.1 Å². The Morgan fingerprint density at radius 1 is 1.60 bits per heavy atom. The summed E-state index contributed by atoms with van der Waals surface area (Å²) >= 11 is 0. The zero-order valence-corrected chi connectivity index (χ0v) is 12.2. The van der Waals surface area contributed by atoms with Crippen molar-refractivity contribution in [2.45, 2.75) is 32.5 Å². The van der Waals surface area contributed by atoms with Gasteiger partial charge in [0.25, 0.3) is 0 Å². The van der Waals surface area contributed by atoms with E-state index in [-0.39, 0.29) is 24.1 Å². The second kappa shape index (κ2) is 5.92. The normalized spacial score (nSPS) is 21.4. The van der Waals surface area contributed by atoms with Crippen molar-refractivity contribution in [1.29, 1.82) is 0 Å². The molecule has 1 unspecified atom stereocenters. The summed E-state index contributed by atoms with van der Waals surface area (Å²) in [5, 5.41) is 9.01. The molecule has 20 heavy (non-hydrogen) atoms. The predicted octanol–water partition coefficient (Wildman–Crippen LogP) is -0.0233. The quantitative estimate of drug-likeness (QED) is 0.793. The van der Waals surface area contributed by atoms with Crippen molar-refractivity contribution in [2.75, 3.05) is 18.1 Å². The summed E-state index contributed by atoms with van der Waals surface area (Å²) in [5.41, 5.74) is 0. The third-order valence-electron chi connectivity index (χ3n) is 3.55. The average molecular weight is 301 g/mol. The van der Waals surface area contributed by atoms with E-state index >= 15 is 0 Å². The van der Waals surface area contributed by atoms with Gasteiger partial charge >= 0.3 is 5.97 Å².